The predicted molar refractivity (Wildman–Crippen MR) is 41.7 cm³/mol. The highest BCUT2D eigenvalue weighted by molar-refractivity contribution is 5.38. The summed E-state index contributed by atoms with van der Waals surface area (Å²) >= 11 is 0. The van der Waals surface area contributed by atoms with E-state index in [2.05, 4.69) is 10.3 Å². The molecule has 1 N–H and O–H groups in total. The third kappa shape index (κ3) is 0.906. The Labute approximate surface area is 63.9 Å². The zero-order chi connectivity index (χ0) is 7.84. The number of fused-ring (bicyclic) bond motifs is 1. The van der Waals surface area contributed by atoms with E-state index in [0.717, 1.165) is 24.6 Å². The quantitative estimate of drug-likeness (QED) is 0.566. The van der Waals surface area contributed by atoms with Crippen molar-refractivity contribution in [3.63, 3.8) is 0 Å². The molecular formula is C7H9N3O. The van der Waals surface area contributed by atoms with Crippen LogP contribution in [-0.2, 0) is 6.54 Å². The molecule has 0 spiro atoms. The van der Waals surface area contributed by atoms with E-state index in [1.165, 1.54) is 0 Å². The second-order valence-corrected chi connectivity index (χ2v) is 2.64. The van der Waals surface area contributed by atoms with Gasteiger partial charge in [0.2, 0.25) is 0 Å². The Balaban J connectivity index is 2.70. The van der Waals surface area contributed by atoms with Crippen molar-refractivity contribution in [3.05, 3.63) is 22.2 Å². The van der Waals surface area contributed by atoms with E-state index in [-0.39, 0.29) is 5.69 Å². The Bertz CT molecular complexity index is 342. The largest absolute Gasteiger partial charge is 0.369 e. The van der Waals surface area contributed by atoms with E-state index in [4.69, 9.17) is 0 Å². The molecule has 1 aromatic heterocycles. The Morgan fingerprint density at radius 2 is 2.55 bits per heavy atom. The van der Waals surface area contributed by atoms with Gasteiger partial charge in [0.05, 0.1) is 0 Å². The van der Waals surface area contributed by atoms with E-state index < -0.39 is 0 Å². The van der Waals surface area contributed by atoms with Gasteiger partial charge in [0.15, 0.2) is 0 Å². The van der Waals surface area contributed by atoms with E-state index in [1.807, 2.05) is 13.0 Å². The molecule has 2 heterocycles. The number of hydrogen-bond acceptors (Lipinski definition) is 3. The minimum Gasteiger partial charge on any atom is -0.369 e. The number of aromatic nitrogens is 2. The summed E-state index contributed by atoms with van der Waals surface area (Å²) in [5, 5.41) is 3.10. The van der Waals surface area contributed by atoms with Crippen LogP contribution in [0.15, 0.2) is 10.9 Å². The third-order valence-corrected chi connectivity index (χ3v) is 1.78. The first-order valence-electron chi connectivity index (χ1n) is 3.60. The van der Waals surface area contributed by atoms with Gasteiger partial charge < -0.3 is 5.32 Å². The Kier molecular flexibility index (Phi) is 1.21. The highest BCUT2D eigenvalue weighted by atomic mass is 16.1. The maximum Gasteiger partial charge on any atom is 0.349 e. The second kappa shape index (κ2) is 2.08. The van der Waals surface area contributed by atoms with Gasteiger partial charge in [0.25, 0.3) is 0 Å². The molecule has 58 valence electrons. The lowest BCUT2D eigenvalue weighted by Gasteiger charge is -2.00. The molecule has 0 radical (unpaired) electrons. The molecule has 1 aliphatic heterocycles. The molecule has 11 heavy (non-hydrogen) atoms. The van der Waals surface area contributed by atoms with Gasteiger partial charge >= 0.3 is 5.69 Å². The number of anilines is 1. The van der Waals surface area contributed by atoms with Crippen LogP contribution in [0.5, 0.6) is 0 Å². The smallest absolute Gasteiger partial charge is 0.349 e. The zero-order valence-corrected chi connectivity index (χ0v) is 6.29. The predicted octanol–water partition coefficient (Wildman–Crippen LogP) is -0.0228. The lowest BCUT2D eigenvalue weighted by atomic mass is 10.4. The van der Waals surface area contributed by atoms with Crippen LogP contribution in [0.4, 0.5) is 5.82 Å². The van der Waals surface area contributed by atoms with E-state index >= 15 is 0 Å². The summed E-state index contributed by atoms with van der Waals surface area (Å²) in [7, 11) is 0. The molecule has 1 aliphatic rings. The molecule has 0 fully saturated rings. The molecule has 0 amide bonds. The molecule has 0 atom stereocenters. The van der Waals surface area contributed by atoms with E-state index in [1.54, 1.807) is 4.57 Å². The molecule has 1 aromatic rings. The second-order valence-electron chi connectivity index (χ2n) is 2.64. The highest BCUT2D eigenvalue weighted by Gasteiger charge is 2.10. The molecule has 2 rings (SSSR count). The molecule has 0 aliphatic carbocycles. The Morgan fingerprint density at radius 1 is 1.73 bits per heavy atom. The maximum absolute atomic E-state index is 11.1. The fourth-order valence-electron chi connectivity index (χ4n) is 1.28. The van der Waals surface area contributed by atoms with Gasteiger partial charge in [-0.15, -0.1) is 0 Å². The Morgan fingerprint density at radius 3 is 3.36 bits per heavy atom. The van der Waals surface area contributed by atoms with Crippen molar-refractivity contribution >= 4 is 5.82 Å². The molecule has 0 bridgehead atoms. The summed E-state index contributed by atoms with van der Waals surface area (Å²) in [5.41, 5.74) is 0.626. The molecule has 0 saturated heterocycles. The lowest BCUT2D eigenvalue weighted by molar-refractivity contribution is 0.737. The van der Waals surface area contributed by atoms with Crippen LogP contribution < -0.4 is 11.0 Å². The van der Waals surface area contributed by atoms with Crippen LogP contribution in [0.2, 0.25) is 0 Å². The van der Waals surface area contributed by atoms with Gasteiger partial charge in [-0.05, 0) is 6.92 Å². The van der Waals surface area contributed by atoms with E-state index in [0.29, 0.717) is 0 Å². The SMILES string of the molecule is Cc1cc2n(c(=O)n1)CCN2. The Hall–Kier alpha value is -1.32. The molecular weight excluding hydrogens is 142 g/mol. The number of nitrogens with zero attached hydrogens (tertiary/aromatic N) is 2. The van der Waals surface area contributed by atoms with Crippen molar-refractivity contribution in [2.45, 2.75) is 13.5 Å². The molecule has 4 nitrogen and oxygen atoms in total. The minimum atomic E-state index is -0.148. The standard InChI is InChI=1S/C7H9N3O/c1-5-4-6-8-2-3-10(6)7(11)9-5/h4,8H,2-3H2,1H3. The lowest BCUT2D eigenvalue weighted by Crippen LogP contribution is -2.21. The fourth-order valence-corrected chi connectivity index (χ4v) is 1.28. The summed E-state index contributed by atoms with van der Waals surface area (Å²) in [6.07, 6.45) is 0. The van der Waals surface area contributed by atoms with Crippen molar-refractivity contribution in [3.8, 4) is 0 Å². The first-order chi connectivity index (χ1) is 5.27. The number of nitrogens with one attached hydrogen (secondary N) is 1. The van der Waals surface area contributed by atoms with E-state index in [9.17, 15) is 4.79 Å². The van der Waals surface area contributed by atoms with Gasteiger partial charge in [-0.25, -0.2) is 4.79 Å². The minimum absolute atomic E-state index is 0.148. The van der Waals surface area contributed by atoms with Gasteiger partial charge in [0.1, 0.15) is 5.82 Å². The first-order valence-corrected chi connectivity index (χ1v) is 3.60. The molecule has 4 heteroatoms. The van der Waals surface area contributed by atoms with Gasteiger partial charge in [-0.1, -0.05) is 0 Å². The van der Waals surface area contributed by atoms with Crippen molar-refractivity contribution < 1.29 is 0 Å². The highest BCUT2D eigenvalue weighted by Crippen LogP contribution is 2.09. The third-order valence-electron chi connectivity index (χ3n) is 1.78. The normalized spacial score (nSPS) is 14.3. The average Bonchev–Trinajstić information content (AvgIpc) is 2.34. The van der Waals surface area contributed by atoms with Gasteiger partial charge in [-0.2, -0.15) is 4.98 Å². The number of aryl methyl sites for hydroxylation is 1. The summed E-state index contributed by atoms with van der Waals surface area (Å²) in [5.74, 6) is 0.891. The number of rotatable bonds is 0. The summed E-state index contributed by atoms with van der Waals surface area (Å²) < 4.78 is 1.65. The molecule has 0 unspecified atom stereocenters. The van der Waals surface area contributed by atoms with Crippen LogP contribution in [0.3, 0.4) is 0 Å². The van der Waals surface area contributed by atoms with Gasteiger partial charge in [-0.3, -0.25) is 4.57 Å². The first kappa shape index (κ1) is 6.39. The number of hydrogen-bond donors (Lipinski definition) is 1. The maximum atomic E-state index is 11.1. The van der Waals surface area contributed by atoms with Crippen molar-refractivity contribution in [2.24, 2.45) is 0 Å². The average molecular weight is 151 g/mol. The summed E-state index contributed by atoms with van der Waals surface area (Å²) in [4.78, 5) is 15.0. The zero-order valence-electron chi connectivity index (χ0n) is 6.29. The van der Waals surface area contributed by atoms with Crippen molar-refractivity contribution in [1.82, 2.24) is 9.55 Å². The topological polar surface area (TPSA) is 46.9 Å². The van der Waals surface area contributed by atoms with Crippen LogP contribution in [0.25, 0.3) is 0 Å². The van der Waals surface area contributed by atoms with Gasteiger partial charge in [0, 0.05) is 24.8 Å². The van der Waals surface area contributed by atoms with Crippen LogP contribution in [-0.4, -0.2) is 16.1 Å². The monoisotopic (exact) mass is 151 g/mol. The van der Waals surface area contributed by atoms with Crippen LogP contribution in [0.1, 0.15) is 5.69 Å². The molecule has 0 saturated carbocycles. The fraction of sp³-hybridized carbons (Fsp3) is 0.429. The summed E-state index contributed by atoms with van der Waals surface area (Å²) in [6, 6.07) is 1.88. The van der Waals surface area contributed by atoms with Crippen LogP contribution in [0, 0.1) is 6.92 Å². The van der Waals surface area contributed by atoms with Crippen molar-refractivity contribution in [2.75, 3.05) is 11.9 Å². The summed E-state index contributed by atoms with van der Waals surface area (Å²) in [6.45, 7) is 3.39. The molecule has 0 aromatic carbocycles. The van der Waals surface area contributed by atoms with Crippen LogP contribution >= 0.6 is 0 Å². The van der Waals surface area contributed by atoms with Crippen molar-refractivity contribution in [1.29, 1.82) is 0 Å².